The molecule has 146 valence electrons. The maximum atomic E-state index is 12.7. The van der Waals surface area contributed by atoms with Crippen LogP contribution in [0.25, 0.3) is 0 Å². The Labute approximate surface area is 168 Å². The summed E-state index contributed by atoms with van der Waals surface area (Å²) >= 11 is 0. The Morgan fingerprint density at radius 3 is 2.61 bits per heavy atom. The highest BCUT2D eigenvalue weighted by atomic mass is 16.1. The van der Waals surface area contributed by atoms with E-state index in [1.165, 1.54) is 11.1 Å². The van der Waals surface area contributed by atoms with Crippen LogP contribution in [-0.2, 0) is 16.0 Å². The minimum atomic E-state index is -0.107. The van der Waals surface area contributed by atoms with Crippen molar-refractivity contribution in [2.75, 3.05) is 0 Å². The second-order valence-electron chi connectivity index (χ2n) is 10.0. The largest absolute Gasteiger partial charge is 0.299 e. The molecule has 0 bridgehead atoms. The Hall–Kier alpha value is -1.96. The van der Waals surface area contributed by atoms with Gasteiger partial charge in [0.05, 0.1) is 0 Å². The predicted octanol–water partition coefficient (Wildman–Crippen LogP) is 5.33. The summed E-state index contributed by atoms with van der Waals surface area (Å²) in [6.07, 6.45) is 12.0. The van der Waals surface area contributed by atoms with Gasteiger partial charge in [-0.15, -0.1) is 0 Å². The van der Waals surface area contributed by atoms with Crippen molar-refractivity contribution in [1.29, 1.82) is 0 Å². The molecular weight excluding hydrogens is 344 g/mol. The van der Waals surface area contributed by atoms with E-state index in [1.807, 2.05) is 6.08 Å². The van der Waals surface area contributed by atoms with E-state index in [2.05, 4.69) is 50.3 Å². The average molecular weight is 375 g/mol. The fourth-order valence-electron chi connectivity index (χ4n) is 7.28. The van der Waals surface area contributed by atoms with E-state index in [9.17, 15) is 9.59 Å². The molecule has 0 spiro atoms. The maximum Gasteiger partial charge on any atom is 0.178 e. The molecule has 4 aliphatic carbocycles. The number of hydrogen-bond donors (Lipinski definition) is 0. The van der Waals surface area contributed by atoms with Crippen LogP contribution in [-0.4, -0.2) is 11.6 Å². The summed E-state index contributed by atoms with van der Waals surface area (Å²) in [7, 11) is 0. The summed E-state index contributed by atoms with van der Waals surface area (Å²) in [5, 5.41) is 0. The van der Waals surface area contributed by atoms with Crippen molar-refractivity contribution in [3.05, 3.63) is 59.7 Å². The van der Waals surface area contributed by atoms with Crippen LogP contribution in [0.5, 0.6) is 0 Å². The van der Waals surface area contributed by atoms with Gasteiger partial charge in [-0.2, -0.15) is 0 Å². The first-order chi connectivity index (χ1) is 13.4. The summed E-state index contributed by atoms with van der Waals surface area (Å²) in [5.41, 5.74) is 2.54. The highest BCUT2D eigenvalue weighted by molar-refractivity contribution is 6.01. The second kappa shape index (κ2) is 6.27. The van der Waals surface area contributed by atoms with Crippen molar-refractivity contribution in [3.8, 4) is 0 Å². The molecule has 0 aliphatic heterocycles. The molecule has 3 saturated carbocycles. The van der Waals surface area contributed by atoms with Crippen LogP contribution in [0.15, 0.2) is 54.1 Å². The first-order valence-electron chi connectivity index (χ1n) is 10.9. The van der Waals surface area contributed by atoms with E-state index in [-0.39, 0.29) is 16.6 Å². The normalized spacial score (nSPS) is 41.9. The number of benzene rings is 1. The van der Waals surface area contributed by atoms with Gasteiger partial charge in [-0.1, -0.05) is 55.8 Å². The van der Waals surface area contributed by atoms with Crippen molar-refractivity contribution >= 4 is 11.6 Å². The molecule has 0 unspecified atom stereocenters. The molecule has 4 aliphatic rings. The number of hydrogen-bond acceptors (Lipinski definition) is 2. The Morgan fingerprint density at radius 2 is 1.82 bits per heavy atom. The number of carbonyl (C=O) groups is 2. The molecule has 1 aromatic rings. The van der Waals surface area contributed by atoms with Crippen LogP contribution in [0, 0.1) is 34.5 Å². The number of rotatable bonds is 2. The summed E-state index contributed by atoms with van der Waals surface area (Å²) in [6, 6.07) is 10.7. The van der Waals surface area contributed by atoms with Gasteiger partial charge in [0.25, 0.3) is 0 Å². The quantitative estimate of drug-likeness (QED) is 0.701. The molecule has 5 rings (SSSR count). The summed E-state index contributed by atoms with van der Waals surface area (Å²) in [4.78, 5) is 25.0. The van der Waals surface area contributed by atoms with Crippen LogP contribution >= 0.6 is 0 Å². The molecule has 28 heavy (non-hydrogen) atoms. The summed E-state index contributed by atoms with van der Waals surface area (Å²) in [5.74, 6) is 2.68. The van der Waals surface area contributed by atoms with E-state index < -0.39 is 0 Å². The Morgan fingerprint density at radius 1 is 1.04 bits per heavy atom. The fourth-order valence-corrected chi connectivity index (χ4v) is 7.28. The van der Waals surface area contributed by atoms with Crippen LogP contribution in [0.3, 0.4) is 0 Å². The Balaban J connectivity index is 1.55. The van der Waals surface area contributed by atoms with Crippen LogP contribution in [0.4, 0.5) is 0 Å². The van der Waals surface area contributed by atoms with E-state index in [1.54, 1.807) is 6.08 Å². The lowest BCUT2D eigenvalue weighted by atomic mass is 9.46. The van der Waals surface area contributed by atoms with Gasteiger partial charge >= 0.3 is 0 Å². The van der Waals surface area contributed by atoms with E-state index in [0.29, 0.717) is 29.5 Å². The zero-order valence-electron chi connectivity index (χ0n) is 17.0. The van der Waals surface area contributed by atoms with Crippen molar-refractivity contribution in [2.24, 2.45) is 34.5 Å². The van der Waals surface area contributed by atoms with E-state index in [0.717, 1.165) is 38.5 Å². The van der Waals surface area contributed by atoms with Crippen LogP contribution < -0.4 is 0 Å². The first-order valence-corrected chi connectivity index (χ1v) is 10.9. The van der Waals surface area contributed by atoms with Gasteiger partial charge in [0.2, 0.25) is 0 Å². The highest BCUT2D eigenvalue weighted by Gasteiger charge is 2.59. The van der Waals surface area contributed by atoms with Gasteiger partial charge in [0, 0.05) is 17.3 Å². The van der Waals surface area contributed by atoms with Crippen LogP contribution in [0.1, 0.15) is 51.5 Å². The molecule has 2 nitrogen and oxygen atoms in total. The van der Waals surface area contributed by atoms with Crippen molar-refractivity contribution in [3.63, 3.8) is 0 Å². The zero-order valence-corrected chi connectivity index (χ0v) is 17.0. The van der Waals surface area contributed by atoms with Gasteiger partial charge in [-0.05, 0) is 73.5 Å². The lowest BCUT2D eigenvalue weighted by Crippen LogP contribution is -2.52. The number of Topliss-reactive ketones (excluding diaryl/α,β-unsaturated/α-hetero) is 1. The summed E-state index contributed by atoms with van der Waals surface area (Å²) in [6.45, 7) is 4.60. The van der Waals surface area contributed by atoms with Crippen LogP contribution in [0.2, 0.25) is 0 Å². The highest BCUT2D eigenvalue weighted by Crippen LogP contribution is 2.64. The molecule has 1 aromatic carbocycles. The summed E-state index contributed by atoms with van der Waals surface area (Å²) < 4.78 is 0. The minimum absolute atomic E-state index is 0.0385. The molecule has 3 fully saturated rings. The van der Waals surface area contributed by atoms with Crippen molar-refractivity contribution in [1.82, 2.24) is 0 Å². The van der Waals surface area contributed by atoms with Crippen molar-refractivity contribution < 1.29 is 9.59 Å². The van der Waals surface area contributed by atoms with E-state index in [4.69, 9.17) is 0 Å². The lowest BCUT2D eigenvalue weighted by molar-refractivity contribution is -0.132. The number of allylic oxidation sites excluding steroid dienone is 4. The number of ketones is 2. The maximum absolute atomic E-state index is 12.7. The average Bonchev–Trinajstić information content (AvgIpc) is 2.99. The van der Waals surface area contributed by atoms with E-state index >= 15 is 0 Å². The SMILES string of the molecule is C[C@]12C=CC(=O)C=C1[C@H](Cc1ccccc1)C[C@@H]1[C@@H]2CC[C@]2(C)C(=O)CC[C@@H]12. The van der Waals surface area contributed by atoms with Gasteiger partial charge in [-0.25, -0.2) is 0 Å². The monoisotopic (exact) mass is 374 g/mol. The lowest BCUT2D eigenvalue weighted by Gasteiger charge is -2.57. The van der Waals surface area contributed by atoms with Crippen molar-refractivity contribution in [2.45, 2.75) is 52.4 Å². The van der Waals surface area contributed by atoms with Gasteiger partial charge < -0.3 is 0 Å². The standard InChI is InChI=1S/C26H30O2/c1-25-12-10-19(27)16-23(25)18(14-17-6-4-3-5-7-17)15-20-21-8-9-24(28)26(21,2)13-11-22(20)25/h3-7,10,12,16,18,20-22H,8-9,11,13-15H2,1-2H3/t18-,20+,21+,22+,25-,26+/m1/s1. The topological polar surface area (TPSA) is 34.1 Å². The third-order valence-corrected chi connectivity index (χ3v) is 8.75. The number of carbonyl (C=O) groups excluding carboxylic acids is 2. The molecule has 6 atom stereocenters. The molecule has 0 radical (unpaired) electrons. The van der Waals surface area contributed by atoms with Gasteiger partial charge in [0.15, 0.2) is 5.78 Å². The molecular formula is C26H30O2. The third-order valence-electron chi connectivity index (χ3n) is 8.75. The molecule has 2 heteroatoms. The first kappa shape index (κ1) is 18.1. The molecule has 0 N–H and O–H groups in total. The molecule has 0 amide bonds. The van der Waals surface area contributed by atoms with Gasteiger partial charge in [0.1, 0.15) is 5.78 Å². The number of fused-ring (bicyclic) bond motifs is 5. The Kier molecular flexibility index (Phi) is 4.05. The smallest absolute Gasteiger partial charge is 0.178 e. The zero-order chi connectivity index (χ0) is 19.5. The molecule has 0 heterocycles. The van der Waals surface area contributed by atoms with Gasteiger partial charge in [-0.3, -0.25) is 9.59 Å². The fraction of sp³-hybridized carbons (Fsp3) is 0.538. The second-order valence-corrected chi connectivity index (χ2v) is 10.0. The Bertz CT molecular complexity index is 879. The predicted molar refractivity (Wildman–Crippen MR) is 111 cm³/mol. The third kappa shape index (κ3) is 2.53. The minimum Gasteiger partial charge on any atom is -0.299 e. The molecule has 0 aromatic heterocycles. The molecule has 0 saturated heterocycles.